The van der Waals surface area contributed by atoms with Gasteiger partial charge in [0.05, 0.1) is 6.61 Å². The summed E-state index contributed by atoms with van der Waals surface area (Å²) in [7, 11) is 0. The molecule has 1 fully saturated rings. The van der Waals surface area contributed by atoms with E-state index in [1.54, 1.807) is 5.06 Å². The molecule has 0 spiro atoms. The molecule has 16 heavy (non-hydrogen) atoms. The summed E-state index contributed by atoms with van der Waals surface area (Å²) in [6.07, 6.45) is 1.55. The van der Waals surface area contributed by atoms with Crippen LogP contribution in [0, 0.1) is 0 Å². The lowest BCUT2D eigenvalue weighted by molar-refractivity contribution is -0.192. The molecule has 0 saturated carbocycles. The Kier molecular flexibility index (Phi) is 3.54. The lowest BCUT2D eigenvalue weighted by Gasteiger charge is -2.20. The second kappa shape index (κ2) is 5.09. The van der Waals surface area contributed by atoms with Gasteiger partial charge in [-0.2, -0.15) is 5.06 Å². The molecule has 0 aliphatic carbocycles. The van der Waals surface area contributed by atoms with Crippen LogP contribution in [0.3, 0.4) is 0 Å². The maximum atomic E-state index is 10.9. The molecule has 1 aliphatic rings. The zero-order valence-electron chi connectivity index (χ0n) is 9.00. The minimum Gasteiger partial charge on any atom is -0.480 e. The van der Waals surface area contributed by atoms with Gasteiger partial charge >= 0.3 is 5.97 Å². The molecule has 1 saturated heterocycles. The van der Waals surface area contributed by atoms with Crippen molar-refractivity contribution in [2.45, 2.75) is 25.5 Å². The van der Waals surface area contributed by atoms with Crippen LogP contribution in [0.1, 0.15) is 18.4 Å². The fourth-order valence-corrected chi connectivity index (χ4v) is 1.87. The number of carboxylic acids is 1. The molecule has 1 heterocycles. The van der Waals surface area contributed by atoms with E-state index in [1.807, 2.05) is 30.3 Å². The van der Waals surface area contributed by atoms with E-state index in [0.29, 0.717) is 19.6 Å². The smallest absolute Gasteiger partial charge is 0.323 e. The lowest BCUT2D eigenvalue weighted by Crippen LogP contribution is -2.35. The van der Waals surface area contributed by atoms with E-state index in [-0.39, 0.29) is 0 Å². The first-order valence-electron chi connectivity index (χ1n) is 5.43. The van der Waals surface area contributed by atoms with Gasteiger partial charge in [0.25, 0.3) is 0 Å². The summed E-state index contributed by atoms with van der Waals surface area (Å²) in [5.41, 5.74) is 1.05. The summed E-state index contributed by atoms with van der Waals surface area (Å²) in [4.78, 5) is 16.4. The topological polar surface area (TPSA) is 49.8 Å². The molecule has 0 aromatic heterocycles. The molecule has 4 nitrogen and oxygen atoms in total. The van der Waals surface area contributed by atoms with Crippen LogP contribution in [-0.4, -0.2) is 28.7 Å². The van der Waals surface area contributed by atoms with Crippen molar-refractivity contribution in [3.05, 3.63) is 35.9 Å². The fraction of sp³-hybridized carbons (Fsp3) is 0.417. The van der Waals surface area contributed by atoms with Crippen LogP contribution < -0.4 is 0 Å². The highest BCUT2D eigenvalue weighted by molar-refractivity contribution is 5.73. The summed E-state index contributed by atoms with van der Waals surface area (Å²) in [6.45, 7) is 1.13. The Morgan fingerprint density at radius 2 is 2.19 bits per heavy atom. The quantitative estimate of drug-likeness (QED) is 0.840. The molecular formula is C12H15NO3. The van der Waals surface area contributed by atoms with Gasteiger partial charge in [0, 0.05) is 6.54 Å². The Hall–Kier alpha value is -1.39. The highest BCUT2D eigenvalue weighted by Crippen LogP contribution is 2.18. The van der Waals surface area contributed by atoms with Crippen LogP contribution in [0.2, 0.25) is 0 Å². The Labute approximate surface area is 94.4 Å². The zero-order chi connectivity index (χ0) is 11.4. The molecule has 1 aromatic rings. The van der Waals surface area contributed by atoms with Crippen molar-refractivity contribution < 1.29 is 14.7 Å². The lowest BCUT2D eigenvalue weighted by atomic mass is 10.2. The first kappa shape index (κ1) is 11.1. The highest BCUT2D eigenvalue weighted by atomic mass is 16.7. The van der Waals surface area contributed by atoms with Gasteiger partial charge in [0.2, 0.25) is 0 Å². The molecule has 1 aromatic carbocycles. The standard InChI is InChI=1S/C12H15NO3/c14-12(15)11-7-4-8-13(11)16-9-10-5-2-1-3-6-10/h1-3,5-6,11H,4,7-9H2,(H,14,15)/t11-/m0/s1. The number of benzene rings is 1. The third-order valence-corrected chi connectivity index (χ3v) is 2.73. The van der Waals surface area contributed by atoms with Crippen molar-refractivity contribution in [3.63, 3.8) is 0 Å². The predicted octanol–water partition coefficient (Wildman–Crippen LogP) is 1.67. The van der Waals surface area contributed by atoms with Gasteiger partial charge in [0.1, 0.15) is 6.04 Å². The largest absolute Gasteiger partial charge is 0.480 e. The Balaban J connectivity index is 1.88. The van der Waals surface area contributed by atoms with Gasteiger partial charge in [-0.3, -0.25) is 9.63 Å². The summed E-state index contributed by atoms with van der Waals surface area (Å²) in [5.74, 6) is -0.800. The van der Waals surface area contributed by atoms with Crippen molar-refractivity contribution in [1.29, 1.82) is 0 Å². The molecule has 0 bridgehead atoms. The van der Waals surface area contributed by atoms with Crippen LogP contribution in [-0.2, 0) is 16.2 Å². The van der Waals surface area contributed by atoms with Crippen LogP contribution >= 0.6 is 0 Å². The van der Waals surface area contributed by atoms with Crippen LogP contribution in [0.5, 0.6) is 0 Å². The number of carbonyl (C=O) groups is 1. The fourth-order valence-electron chi connectivity index (χ4n) is 1.87. The maximum Gasteiger partial charge on any atom is 0.323 e. The van der Waals surface area contributed by atoms with E-state index in [4.69, 9.17) is 9.94 Å². The molecule has 4 heteroatoms. The molecule has 1 N–H and O–H groups in total. The van der Waals surface area contributed by atoms with E-state index in [0.717, 1.165) is 12.0 Å². The van der Waals surface area contributed by atoms with Crippen LogP contribution in [0.4, 0.5) is 0 Å². The Bertz CT molecular complexity index is 353. The summed E-state index contributed by atoms with van der Waals surface area (Å²) in [5, 5.41) is 10.5. The van der Waals surface area contributed by atoms with Crippen molar-refractivity contribution in [2.75, 3.05) is 6.54 Å². The number of hydrogen-bond donors (Lipinski definition) is 1. The minimum atomic E-state index is -0.800. The second-order valence-corrected chi connectivity index (χ2v) is 3.90. The van der Waals surface area contributed by atoms with Gasteiger partial charge in [-0.1, -0.05) is 30.3 Å². The zero-order valence-corrected chi connectivity index (χ0v) is 9.00. The maximum absolute atomic E-state index is 10.9. The molecule has 0 unspecified atom stereocenters. The molecule has 2 rings (SSSR count). The predicted molar refractivity (Wildman–Crippen MR) is 58.6 cm³/mol. The molecule has 1 atom stereocenters. The van der Waals surface area contributed by atoms with Crippen LogP contribution in [0.15, 0.2) is 30.3 Å². The minimum absolute atomic E-state index is 0.435. The first-order chi connectivity index (χ1) is 7.77. The Morgan fingerprint density at radius 1 is 1.44 bits per heavy atom. The molecule has 0 radical (unpaired) electrons. The normalized spacial score (nSPS) is 21.1. The summed E-state index contributed by atoms with van der Waals surface area (Å²) < 4.78 is 0. The van der Waals surface area contributed by atoms with Crippen molar-refractivity contribution >= 4 is 5.97 Å². The first-order valence-corrected chi connectivity index (χ1v) is 5.43. The van der Waals surface area contributed by atoms with Gasteiger partial charge in [0.15, 0.2) is 0 Å². The van der Waals surface area contributed by atoms with Crippen LogP contribution in [0.25, 0.3) is 0 Å². The van der Waals surface area contributed by atoms with E-state index in [2.05, 4.69) is 0 Å². The number of hydrogen-bond acceptors (Lipinski definition) is 3. The van der Waals surface area contributed by atoms with E-state index in [1.165, 1.54) is 0 Å². The molecule has 0 amide bonds. The number of carboxylic acid groups (broad SMARTS) is 1. The van der Waals surface area contributed by atoms with E-state index in [9.17, 15) is 4.79 Å². The van der Waals surface area contributed by atoms with Crippen molar-refractivity contribution in [1.82, 2.24) is 5.06 Å². The number of aliphatic carboxylic acids is 1. The van der Waals surface area contributed by atoms with Crippen molar-refractivity contribution in [2.24, 2.45) is 0 Å². The average molecular weight is 221 g/mol. The highest BCUT2D eigenvalue weighted by Gasteiger charge is 2.31. The molecule has 86 valence electrons. The van der Waals surface area contributed by atoms with E-state index < -0.39 is 12.0 Å². The number of hydroxylamine groups is 2. The molecular weight excluding hydrogens is 206 g/mol. The molecule has 1 aliphatic heterocycles. The number of rotatable bonds is 4. The summed E-state index contributed by atoms with van der Waals surface area (Å²) in [6, 6.07) is 9.27. The summed E-state index contributed by atoms with van der Waals surface area (Å²) >= 11 is 0. The number of nitrogens with zero attached hydrogens (tertiary/aromatic N) is 1. The Morgan fingerprint density at radius 3 is 2.88 bits per heavy atom. The monoisotopic (exact) mass is 221 g/mol. The van der Waals surface area contributed by atoms with Gasteiger partial charge in [-0.25, -0.2) is 0 Å². The third kappa shape index (κ3) is 2.59. The third-order valence-electron chi connectivity index (χ3n) is 2.73. The SMILES string of the molecule is O=C(O)[C@@H]1CCCN1OCc1ccccc1. The average Bonchev–Trinajstić information content (AvgIpc) is 2.76. The van der Waals surface area contributed by atoms with Gasteiger partial charge < -0.3 is 5.11 Å². The van der Waals surface area contributed by atoms with E-state index >= 15 is 0 Å². The van der Waals surface area contributed by atoms with Gasteiger partial charge in [-0.05, 0) is 18.4 Å². The van der Waals surface area contributed by atoms with Gasteiger partial charge in [-0.15, -0.1) is 0 Å². The van der Waals surface area contributed by atoms with Crippen molar-refractivity contribution in [3.8, 4) is 0 Å². The second-order valence-electron chi connectivity index (χ2n) is 3.90.